The Hall–Kier alpha value is -1.68. The summed E-state index contributed by atoms with van der Waals surface area (Å²) in [6, 6.07) is 4.91. The normalized spacial score (nSPS) is 18.1. The Kier molecular flexibility index (Phi) is 3.34. The Morgan fingerprint density at radius 2 is 2.05 bits per heavy atom. The van der Waals surface area contributed by atoms with Gasteiger partial charge in [0.15, 0.2) is 0 Å². The van der Waals surface area contributed by atoms with Gasteiger partial charge in [0.2, 0.25) is 0 Å². The Morgan fingerprint density at radius 1 is 1.30 bits per heavy atom. The summed E-state index contributed by atoms with van der Waals surface area (Å²) < 4.78 is 15.6. The summed E-state index contributed by atoms with van der Waals surface area (Å²) in [7, 11) is 0. The van der Waals surface area contributed by atoms with Gasteiger partial charge in [-0.1, -0.05) is 13.0 Å². The second-order valence-electron chi connectivity index (χ2n) is 5.89. The maximum Gasteiger partial charge on any atom is 0.125 e. The van der Waals surface area contributed by atoms with Crippen molar-refractivity contribution < 1.29 is 4.39 Å². The molecule has 2 aromatic rings. The molecule has 1 aliphatic heterocycles. The van der Waals surface area contributed by atoms with Gasteiger partial charge in [-0.15, -0.1) is 0 Å². The molecule has 3 nitrogen and oxygen atoms in total. The van der Waals surface area contributed by atoms with Crippen molar-refractivity contribution in [2.75, 3.05) is 13.1 Å². The van der Waals surface area contributed by atoms with E-state index in [0.717, 1.165) is 37.2 Å². The summed E-state index contributed by atoms with van der Waals surface area (Å²) in [6.45, 7) is 6.31. The minimum atomic E-state index is -0.208. The van der Waals surface area contributed by atoms with E-state index in [-0.39, 0.29) is 11.2 Å². The van der Waals surface area contributed by atoms with Crippen molar-refractivity contribution >= 4 is 0 Å². The molecule has 0 unspecified atom stereocenters. The molecule has 1 fully saturated rings. The first-order valence-corrected chi connectivity index (χ1v) is 7.10. The summed E-state index contributed by atoms with van der Waals surface area (Å²) in [6.07, 6.45) is 5.88. The number of benzene rings is 1. The van der Waals surface area contributed by atoms with E-state index in [0.29, 0.717) is 0 Å². The number of aromatic nitrogens is 2. The number of hydrogen-bond acceptors (Lipinski definition) is 2. The van der Waals surface area contributed by atoms with Crippen molar-refractivity contribution in [3.63, 3.8) is 0 Å². The van der Waals surface area contributed by atoms with E-state index in [1.54, 1.807) is 12.4 Å². The van der Waals surface area contributed by atoms with Crippen LogP contribution in [0.15, 0.2) is 30.7 Å². The Bertz CT molecular complexity index is 612. The molecular formula is C16H20FN3. The highest BCUT2D eigenvalue weighted by atomic mass is 19.1. The lowest BCUT2D eigenvalue weighted by Crippen LogP contribution is -2.38. The van der Waals surface area contributed by atoms with E-state index in [1.807, 2.05) is 23.8 Å². The van der Waals surface area contributed by atoms with Crippen LogP contribution in [0.4, 0.5) is 4.39 Å². The van der Waals surface area contributed by atoms with E-state index in [2.05, 4.69) is 17.2 Å². The van der Waals surface area contributed by atoms with Crippen LogP contribution in [-0.4, -0.2) is 22.6 Å². The van der Waals surface area contributed by atoms with Gasteiger partial charge in [0.1, 0.15) is 5.82 Å². The summed E-state index contributed by atoms with van der Waals surface area (Å²) in [5, 5.41) is 3.39. The molecule has 1 N–H and O–H groups in total. The van der Waals surface area contributed by atoms with Crippen molar-refractivity contribution in [3.05, 3.63) is 47.8 Å². The lowest BCUT2D eigenvalue weighted by molar-refractivity contribution is 0.324. The summed E-state index contributed by atoms with van der Waals surface area (Å²) in [5.74, 6) is -0.208. The van der Waals surface area contributed by atoms with Crippen LogP contribution in [0.2, 0.25) is 0 Å². The Labute approximate surface area is 118 Å². The van der Waals surface area contributed by atoms with Gasteiger partial charge in [-0.05, 0) is 50.6 Å². The molecule has 1 aromatic heterocycles. The maximum atomic E-state index is 13.6. The third kappa shape index (κ3) is 2.24. The Morgan fingerprint density at radius 3 is 2.80 bits per heavy atom. The molecule has 0 aliphatic carbocycles. The molecule has 106 valence electrons. The van der Waals surface area contributed by atoms with Crippen molar-refractivity contribution in [1.29, 1.82) is 0 Å². The number of rotatable bonds is 2. The quantitative estimate of drug-likeness (QED) is 0.911. The van der Waals surface area contributed by atoms with Crippen LogP contribution in [0.3, 0.4) is 0 Å². The number of piperidine rings is 1. The van der Waals surface area contributed by atoms with Crippen LogP contribution in [-0.2, 0) is 5.41 Å². The predicted octanol–water partition coefficient (Wildman–Crippen LogP) is 2.96. The van der Waals surface area contributed by atoms with Crippen LogP contribution >= 0.6 is 0 Å². The molecule has 0 bridgehead atoms. The van der Waals surface area contributed by atoms with E-state index < -0.39 is 0 Å². The second kappa shape index (κ2) is 5.02. The van der Waals surface area contributed by atoms with Crippen molar-refractivity contribution in [2.45, 2.75) is 32.1 Å². The SMILES string of the molecule is Cc1ccc(F)cc1-n1cncc1C1(C)CCNCC1. The average Bonchev–Trinajstić information content (AvgIpc) is 2.92. The van der Waals surface area contributed by atoms with Crippen molar-refractivity contribution in [3.8, 4) is 5.69 Å². The Balaban J connectivity index is 2.08. The topological polar surface area (TPSA) is 29.9 Å². The van der Waals surface area contributed by atoms with Gasteiger partial charge >= 0.3 is 0 Å². The van der Waals surface area contributed by atoms with Gasteiger partial charge in [-0.25, -0.2) is 9.37 Å². The minimum Gasteiger partial charge on any atom is -0.317 e. The fourth-order valence-electron chi connectivity index (χ4n) is 3.01. The van der Waals surface area contributed by atoms with Gasteiger partial charge in [-0.2, -0.15) is 0 Å². The highest BCUT2D eigenvalue weighted by molar-refractivity contribution is 5.43. The molecule has 1 aliphatic rings. The van der Waals surface area contributed by atoms with Crippen LogP contribution in [0.25, 0.3) is 5.69 Å². The van der Waals surface area contributed by atoms with Gasteiger partial charge < -0.3 is 9.88 Å². The molecule has 20 heavy (non-hydrogen) atoms. The molecule has 0 amide bonds. The molecule has 1 saturated heterocycles. The van der Waals surface area contributed by atoms with E-state index in [1.165, 1.54) is 11.8 Å². The highest BCUT2D eigenvalue weighted by Gasteiger charge is 2.32. The predicted molar refractivity (Wildman–Crippen MR) is 77.7 cm³/mol. The average molecular weight is 273 g/mol. The number of nitrogens with one attached hydrogen (secondary N) is 1. The second-order valence-corrected chi connectivity index (χ2v) is 5.89. The fourth-order valence-corrected chi connectivity index (χ4v) is 3.01. The standard InChI is InChI=1S/C16H20FN3/c1-12-3-4-13(17)9-14(12)20-11-19-10-15(20)16(2)5-7-18-8-6-16/h3-4,9-11,18H,5-8H2,1-2H3. The zero-order valence-electron chi connectivity index (χ0n) is 12.0. The molecule has 3 rings (SSSR count). The smallest absolute Gasteiger partial charge is 0.125 e. The maximum absolute atomic E-state index is 13.6. The molecule has 0 atom stereocenters. The highest BCUT2D eigenvalue weighted by Crippen LogP contribution is 2.34. The van der Waals surface area contributed by atoms with Crippen LogP contribution in [0, 0.1) is 12.7 Å². The molecular weight excluding hydrogens is 253 g/mol. The molecule has 0 saturated carbocycles. The molecule has 2 heterocycles. The lowest BCUT2D eigenvalue weighted by Gasteiger charge is -2.34. The van der Waals surface area contributed by atoms with Crippen molar-refractivity contribution in [1.82, 2.24) is 14.9 Å². The zero-order chi connectivity index (χ0) is 14.2. The van der Waals surface area contributed by atoms with Crippen LogP contribution in [0.5, 0.6) is 0 Å². The van der Waals surface area contributed by atoms with Gasteiger partial charge in [-0.3, -0.25) is 0 Å². The first-order chi connectivity index (χ1) is 9.60. The van der Waals surface area contributed by atoms with E-state index in [4.69, 9.17) is 0 Å². The van der Waals surface area contributed by atoms with Gasteiger partial charge in [0.05, 0.1) is 12.0 Å². The number of nitrogens with zero attached hydrogens (tertiary/aromatic N) is 2. The third-order valence-corrected chi connectivity index (χ3v) is 4.39. The van der Waals surface area contributed by atoms with Gasteiger partial charge in [0.25, 0.3) is 0 Å². The number of imidazole rings is 1. The minimum absolute atomic E-state index is 0.0977. The summed E-state index contributed by atoms with van der Waals surface area (Å²) in [4.78, 5) is 4.31. The molecule has 0 spiro atoms. The van der Waals surface area contributed by atoms with E-state index >= 15 is 0 Å². The molecule has 4 heteroatoms. The van der Waals surface area contributed by atoms with Gasteiger partial charge in [0, 0.05) is 17.3 Å². The lowest BCUT2D eigenvalue weighted by atomic mass is 9.78. The summed E-state index contributed by atoms with van der Waals surface area (Å²) in [5.41, 5.74) is 3.22. The van der Waals surface area contributed by atoms with Crippen molar-refractivity contribution in [2.24, 2.45) is 0 Å². The first kappa shape index (κ1) is 13.3. The first-order valence-electron chi connectivity index (χ1n) is 7.10. The van der Waals surface area contributed by atoms with E-state index in [9.17, 15) is 4.39 Å². The number of aryl methyl sites for hydroxylation is 1. The molecule has 1 aromatic carbocycles. The summed E-state index contributed by atoms with van der Waals surface area (Å²) >= 11 is 0. The third-order valence-electron chi connectivity index (χ3n) is 4.39. The largest absolute Gasteiger partial charge is 0.317 e. The number of halogens is 1. The fraction of sp³-hybridized carbons (Fsp3) is 0.438. The number of hydrogen-bond donors (Lipinski definition) is 1. The van der Waals surface area contributed by atoms with Crippen LogP contribution < -0.4 is 5.32 Å². The van der Waals surface area contributed by atoms with Crippen LogP contribution in [0.1, 0.15) is 31.0 Å². The monoisotopic (exact) mass is 273 g/mol. The molecule has 0 radical (unpaired) electrons. The zero-order valence-corrected chi connectivity index (χ0v) is 12.0.